The van der Waals surface area contributed by atoms with Crippen molar-refractivity contribution in [3.8, 4) is 0 Å². The molecule has 0 fully saturated rings. The highest BCUT2D eigenvalue weighted by Crippen LogP contribution is 2.34. The van der Waals surface area contributed by atoms with Gasteiger partial charge in [-0.2, -0.15) is 0 Å². The molecule has 1 aliphatic rings. The van der Waals surface area contributed by atoms with Crippen molar-refractivity contribution in [3.05, 3.63) is 33.0 Å². The van der Waals surface area contributed by atoms with Gasteiger partial charge in [0.25, 0.3) is 0 Å². The van der Waals surface area contributed by atoms with Crippen molar-refractivity contribution in [1.29, 1.82) is 0 Å². The van der Waals surface area contributed by atoms with Crippen LogP contribution in [0.4, 0.5) is 0 Å². The second kappa shape index (κ2) is 10.7. The SMILES string of the molecule is CCCCCCCCCCCCC1CCc2[nH]c3ccc(I)cc3c2C1. The van der Waals surface area contributed by atoms with Gasteiger partial charge in [0.05, 0.1) is 0 Å². The van der Waals surface area contributed by atoms with Crippen molar-refractivity contribution in [1.82, 2.24) is 4.98 Å². The van der Waals surface area contributed by atoms with E-state index in [4.69, 9.17) is 0 Å². The van der Waals surface area contributed by atoms with Gasteiger partial charge in [0, 0.05) is 20.2 Å². The lowest BCUT2D eigenvalue weighted by Gasteiger charge is -2.22. The maximum atomic E-state index is 3.67. The summed E-state index contributed by atoms with van der Waals surface area (Å²) in [5.41, 5.74) is 4.48. The van der Waals surface area contributed by atoms with E-state index in [-0.39, 0.29) is 0 Å². The molecule has 0 saturated heterocycles. The lowest BCUT2D eigenvalue weighted by atomic mass is 9.83. The number of fused-ring (bicyclic) bond motifs is 3. The van der Waals surface area contributed by atoms with Crippen LogP contribution in [0.15, 0.2) is 18.2 Å². The number of H-pyrrole nitrogens is 1. The van der Waals surface area contributed by atoms with Crippen LogP contribution in [0.25, 0.3) is 10.9 Å². The first-order valence-electron chi connectivity index (χ1n) is 11.1. The summed E-state index contributed by atoms with van der Waals surface area (Å²) in [6, 6.07) is 6.84. The normalized spacial score (nSPS) is 16.9. The van der Waals surface area contributed by atoms with E-state index >= 15 is 0 Å². The topological polar surface area (TPSA) is 15.8 Å². The molecular formula is C24H36IN. The molecule has 1 heterocycles. The maximum Gasteiger partial charge on any atom is 0.0459 e. The summed E-state index contributed by atoms with van der Waals surface area (Å²) in [6.07, 6.45) is 19.8. The Balaban J connectivity index is 1.34. The van der Waals surface area contributed by atoms with E-state index < -0.39 is 0 Å². The van der Waals surface area contributed by atoms with E-state index in [9.17, 15) is 0 Å². The minimum absolute atomic E-state index is 0.911. The number of rotatable bonds is 11. The number of hydrogen-bond acceptors (Lipinski definition) is 0. The molecule has 0 radical (unpaired) electrons. The summed E-state index contributed by atoms with van der Waals surface area (Å²) in [5.74, 6) is 0.911. The molecule has 3 rings (SSSR count). The third-order valence-corrected chi connectivity index (χ3v) is 6.89. The highest BCUT2D eigenvalue weighted by Gasteiger charge is 2.22. The summed E-state index contributed by atoms with van der Waals surface area (Å²) >= 11 is 2.44. The Morgan fingerprint density at radius 1 is 0.962 bits per heavy atom. The lowest BCUT2D eigenvalue weighted by Crippen LogP contribution is -2.13. The number of aromatic nitrogens is 1. The fraction of sp³-hybridized carbons (Fsp3) is 0.667. The molecule has 0 bridgehead atoms. The van der Waals surface area contributed by atoms with Crippen molar-refractivity contribution < 1.29 is 0 Å². The van der Waals surface area contributed by atoms with Gasteiger partial charge in [-0.05, 0) is 71.5 Å². The number of halogens is 1. The van der Waals surface area contributed by atoms with Gasteiger partial charge in [0.2, 0.25) is 0 Å². The first-order valence-corrected chi connectivity index (χ1v) is 12.1. The summed E-state index contributed by atoms with van der Waals surface area (Å²) in [5, 5.41) is 1.49. The van der Waals surface area contributed by atoms with Gasteiger partial charge in [-0.15, -0.1) is 0 Å². The van der Waals surface area contributed by atoms with E-state index in [0.29, 0.717) is 0 Å². The molecule has 1 aliphatic carbocycles. The smallest absolute Gasteiger partial charge is 0.0459 e. The van der Waals surface area contributed by atoms with E-state index in [1.165, 1.54) is 110 Å². The highest BCUT2D eigenvalue weighted by atomic mass is 127. The number of aromatic amines is 1. The van der Waals surface area contributed by atoms with E-state index in [0.717, 1.165) is 5.92 Å². The van der Waals surface area contributed by atoms with Crippen LogP contribution in [0.2, 0.25) is 0 Å². The highest BCUT2D eigenvalue weighted by molar-refractivity contribution is 14.1. The molecule has 1 unspecified atom stereocenters. The number of nitrogens with one attached hydrogen (secondary N) is 1. The third kappa shape index (κ3) is 5.74. The first-order chi connectivity index (χ1) is 12.8. The molecule has 0 saturated carbocycles. The molecule has 1 atom stereocenters. The Bertz CT molecular complexity index is 672. The van der Waals surface area contributed by atoms with Gasteiger partial charge in [0.1, 0.15) is 0 Å². The Hall–Kier alpha value is -0.510. The van der Waals surface area contributed by atoms with Crippen molar-refractivity contribution in [2.45, 2.75) is 96.8 Å². The second-order valence-corrected chi connectivity index (χ2v) is 9.60. The van der Waals surface area contributed by atoms with Gasteiger partial charge >= 0.3 is 0 Å². The van der Waals surface area contributed by atoms with Crippen LogP contribution in [0.3, 0.4) is 0 Å². The van der Waals surface area contributed by atoms with Gasteiger partial charge in [-0.3, -0.25) is 0 Å². The monoisotopic (exact) mass is 465 g/mol. The minimum atomic E-state index is 0.911. The quantitative estimate of drug-likeness (QED) is 0.254. The molecule has 0 amide bonds. The first kappa shape index (κ1) is 20.2. The number of unbranched alkanes of at least 4 members (excludes halogenated alkanes) is 9. The van der Waals surface area contributed by atoms with E-state index in [1.54, 1.807) is 5.56 Å². The fourth-order valence-electron chi connectivity index (χ4n) is 4.63. The van der Waals surface area contributed by atoms with Crippen LogP contribution < -0.4 is 0 Å². The lowest BCUT2D eigenvalue weighted by molar-refractivity contribution is 0.403. The van der Waals surface area contributed by atoms with Crippen LogP contribution >= 0.6 is 22.6 Å². The average molecular weight is 465 g/mol. The van der Waals surface area contributed by atoms with Crippen molar-refractivity contribution in [2.75, 3.05) is 0 Å². The molecule has 26 heavy (non-hydrogen) atoms. The van der Waals surface area contributed by atoms with Crippen LogP contribution in [0.1, 0.15) is 95.2 Å². The molecule has 1 aromatic heterocycles. The zero-order valence-electron chi connectivity index (χ0n) is 16.6. The number of aryl methyl sites for hydroxylation is 1. The predicted octanol–water partition coefficient (Wildman–Crippen LogP) is 8.19. The van der Waals surface area contributed by atoms with Crippen molar-refractivity contribution in [2.24, 2.45) is 5.92 Å². The molecule has 2 heteroatoms. The van der Waals surface area contributed by atoms with E-state index in [2.05, 4.69) is 52.7 Å². The standard InChI is InChI=1S/C24H36IN/c1-2-3-4-5-6-7-8-9-10-11-12-19-13-15-23-21(17-19)22-18-20(25)14-16-24(22)26-23/h14,16,18-19,26H,2-13,15,17H2,1H3. The molecule has 1 nitrogen and oxygen atoms in total. The zero-order valence-corrected chi connectivity index (χ0v) is 18.7. The second-order valence-electron chi connectivity index (χ2n) is 8.35. The van der Waals surface area contributed by atoms with Crippen LogP contribution in [0.5, 0.6) is 0 Å². The minimum Gasteiger partial charge on any atom is -0.358 e. The van der Waals surface area contributed by atoms with Crippen LogP contribution in [-0.4, -0.2) is 4.98 Å². The predicted molar refractivity (Wildman–Crippen MR) is 123 cm³/mol. The van der Waals surface area contributed by atoms with Crippen molar-refractivity contribution >= 4 is 33.5 Å². The molecular weight excluding hydrogens is 429 g/mol. The Labute approximate surface area is 173 Å². The molecule has 0 aliphatic heterocycles. The fourth-order valence-corrected chi connectivity index (χ4v) is 5.12. The molecule has 144 valence electrons. The Morgan fingerprint density at radius 2 is 1.65 bits per heavy atom. The van der Waals surface area contributed by atoms with Crippen LogP contribution in [-0.2, 0) is 12.8 Å². The van der Waals surface area contributed by atoms with Crippen molar-refractivity contribution in [3.63, 3.8) is 0 Å². The molecule has 1 aromatic carbocycles. The van der Waals surface area contributed by atoms with E-state index in [1.807, 2.05) is 0 Å². The van der Waals surface area contributed by atoms with Gasteiger partial charge in [-0.1, -0.05) is 77.6 Å². The summed E-state index contributed by atoms with van der Waals surface area (Å²) < 4.78 is 1.36. The third-order valence-electron chi connectivity index (χ3n) is 6.22. The number of hydrogen-bond donors (Lipinski definition) is 1. The summed E-state index contributed by atoms with van der Waals surface area (Å²) in [6.45, 7) is 2.30. The molecule has 2 aromatic rings. The van der Waals surface area contributed by atoms with Crippen LogP contribution in [0, 0.1) is 9.49 Å². The van der Waals surface area contributed by atoms with Gasteiger partial charge < -0.3 is 4.98 Å². The number of benzene rings is 1. The largest absolute Gasteiger partial charge is 0.358 e. The maximum absolute atomic E-state index is 3.67. The average Bonchev–Trinajstić information content (AvgIpc) is 3.00. The Morgan fingerprint density at radius 3 is 2.38 bits per heavy atom. The van der Waals surface area contributed by atoms with Gasteiger partial charge in [-0.25, -0.2) is 0 Å². The summed E-state index contributed by atoms with van der Waals surface area (Å²) in [7, 11) is 0. The zero-order chi connectivity index (χ0) is 18.2. The Kier molecular flexibility index (Phi) is 8.35. The van der Waals surface area contributed by atoms with Gasteiger partial charge in [0.15, 0.2) is 0 Å². The summed E-state index contributed by atoms with van der Waals surface area (Å²) in [4.78, 5) is 3.67. The molecule has 0 spiro atoms. The molecule has 1 N–H and O–H groups in total.